The van der Waals surface area contributed by atoms with Gasteiger partial charge in [0.25, 0.3) is 5.56 Å². The molecule has 2 N–H and O–H groups in total. The first-order valence-corrected chi connectivity index (χ1v) is 8.42. The van der Waals surface area contributed by atoms with Gasteiger partial charge in [0, 0.05) is 12.2 Å². The first-order valence-electron chi connectivity index (χ1n) is 8.42. The third-order valence-corrected chi connectivity index (χ3v) is 4.20. The second-order valence-electron chi connectivity index (χ2n) is 5.97. The Morgan fingerprint density at radius 1 is 1.46 bits per heavy atom. The molecule has 26 heavy (non-hydrogen) atoms. The Balaban J connectivity index is 1.99. The van der Waals surface area contributed by atoms with Gasteiger partial charge in [-0.25, -0.2) is 9.78 Å². The highest BCUT2D eigenvalue weighted by molar-refractivity contribution is 5.99. The van der Waals surface area contributed by atoms with Crippen molar-refractivity contribution in [3.05, 3.63) is 52.2 Å². The minimum absolute atomic E-state index is 0.0732. The van der Waals surface area contributed by atoms with Crippen LogP contribution in [0, 0.1) is 0 Å². The highest BCUT2D eigenvalue weighted by Crippen LogP contribution is 2.24. The van der Waals surface area contributed by atoms with Crippen LogP contribution in [0.2, 0.25) is 0 Å². The Hall–Kier alpha value is -3.16. The SMILES string of the molecule is CCOC(=O)c1cnc2n(c1=O)C(C)CC/C2=N/Nc1ccccc1O. The predicted octanol–water partition coefficient (Wildman–Crippen LogP) is 2.30. The van der Waals surface area contributed by atoms with Crippen molar-refractivity contribution in [1.29, 1.82) is 0 Å². The Bertz CT molecular complexity index is 920. The van der Waals surface area contributed by atoms with Crippen LogP contribution >= 0.6 is 0 Å². The van der Waals surface area contributed by atoms with Gasteiger partial charge in [0.05, 0.1) is 12.3 Å². The maximum absolute atomic E-state index is 12.7. The average molecular weight is 356 g/mol. The van der Waals surface area contributed by atoms with Crippen LogP contribution in [0.1, 0.15) is 48.9 Å². The molecule has 0 saturated carbocycles. The number of esters is 1. The maximum Gasteiger partial charge on any atom is 0.345 e. The molecule has 0 aliphatic carbocycles. The van der Waals surface area contributed by atoms with E-state index < -0.39 is 11.5 Å². The molecule has 1 unspecified atom stereocenters. The Kier molecular flexibility index (Phi) is 5.01. The van der Waals surface area contributed by atoms with Crippen molar-refractivity contribution < 1.29 is 14.6 Å². The van der Waals surface area contributed by atoms with E-state index in [4.69, 9.17) is 4.74 Å². The monoisotopic (exact) mass is 356 g/mol. The first kappa shape index (κ1) is 17.7. The fraction of sp³-hybridized carbons (Fsp3) is 0.333. The van der Waals surface area contributed by atoms with Gasteiger partial charge in [0.1, 0.15) is 17.0 Å². The van der Waals surface area contributed by atoms with Gasteiger partial charge >= 0.3 is 5.97 Å². The third kappa shape index (κ3) is 3.30. The number of rotatable bonds is 4. The second kappa shape index (κ2) is 7.38. The minimum atomic E-state index is -0.677. The van der Waals surface area contributed by atoms with E-state index in [1.54, 1.807) is 31.2 Å². The number of para-hydroxylation sites is 2. The van der Waals surface area contributed by atoms with Gasteiger partial charge in [-0.2, -0.15) is 5.10 Å². The number of ether oxygens (including phenoxy) is 1. The van der Waals surface area contributed by atoms with Crippen LogP contribution in [0.4, 0.5) is 5.69 Å². The molecular weight excluding hydrogens is 336 g/mol. The number of nitrogens with one attached hydrogen (secondary N) is 1. The molecule has 0 saturated heterocycles. The lowest BCUT2D eigenvalue weighted by Gasteiger charge is -2.25. The van der Waals surface area contributed by atoms with Crippen LogP contribution in [0.3, 0.4) is 0 Å². The molecule has 0 radical (unpaired) electrons. The fourth-order valence-corrected chi connectivity index (χ4v) is 2.83. The van der Waals surface area contributed by atoms with Gasteiger partial charge in [0.2, 0.25) is 0 Å². The van der Waals surface area contributed by atoms with Crippen LogP contribution in [0.15, 0.2) is 40.4 Å². The summed E-state index contributed by atoms with van der Waals surface area (Å²) >= 11 is 0. The number of hydrogen-bond acceptors (Lipinski definition) is 7. The minimum Gasteiger partial charge on any atom is -0.506 e. The molecule has 2 aromatic rings. The van der Waals surface area contributed by atoms with E-state index in [1.807, 2.05) is 6.92 Å². The molecule has 8 nitrogen and oxygen atoms in total. The van der Waals surface area contributed by atoms with Gasteiger partial charge < -0.3 is 9.84 Å². The zero-order chi connectivity index (χ0) is 18.7. The summed E-state index contributed by atoms with van der Waals surface area (Å²) in [6.07, 6.45) is 2.54. The molecule has 0 fully saturated rings. The average Bonchev–Trinajstić information content (AvgIpc) is 2.62. The molecule has 1 aliphatic rings. The van der Waals surface area contributed by atoms with Crippen molar-refractivity contribution in [3.8, 4) is 5.75 Å². The van der Waals surface area contributed by atoms with E-state index in [0.717, 1.165) is 0 Å². The van der Waals surface area contributed by atoms with Gasteiger partial charge in [-0.05, 0) is 38.8 Å². The lowest BCUT2D eigenvalue weighted by molar-refractivity contribution is 0.0522. The van der Waals surface area contributed by atoms with Crippen molar-refractivity contribution >= 4 is 17.4 Å². The maximum atomic E-state index is 12.7. The molecule has 136 valence electrons. The Morgan fingerprint density at radius 3 is 2.96 bits per heavy atom. The molecule has 1 aliphatic heterocycles. The summed E-state index contributed by atoms with van der Waals surface area (Å²) in [6, 6.07) is 6.61. The zero-order valence-corrected chi connectivity index (χ0v) is 14.6. The van der Waals surface area contributed by atoms with Crippen molar-refractivity contribution in [2.24, 2.45) is 5.10 Å². The van der Waals surface area contributed by atoms with E-state index in [1.165, 1.54) is 10.8 Å². The van der Waals surface area contributed by atoms with Crippen LogP contribution < -0.4 is 11.0 Å². The lowest BCUT2D eigenvalue weighted by atomic mass is 10.0. The molecule has 8 heteroatoms. The lowest BCUT2D eigenvalue weighted by Crippen LogP contribution is -2.37. The van der Waals surface area contributed by atoms with Gasteiger partial charge in [-0.15, -0.1) is 0 Å². The third-order valence-electron chi connectivity index (χ3n) is 4.20. The summed E-state index contributed by atoms with van der Waals surface area (Å²) in [5, 5.41) is 14.1. The summed E-state index contributed by atoms with van der Waals surface area (Å²) in [5.74, 6) is -0.197. The fourth-order valence-electron chi connectivity index (χ4n) is 2.83. The Morgan fingerprint density at radius 2 is 2.23 bits per heavy atom. The molecule has 2 heterocycles. The highest BCUT2D eigenvalue weighted by atomic mass is 16.5. The summed E-state index contributed by atoms with van der Waals surface area (Å²) in [7, 11) is 0. The van der Waals surface area contributed by atoms with Crippen LogP contribution in [-0.2, 0) is 4.74 Å². The molecule has 3 rings (SSSR count). The summed E-state index contributed by atoms with van der Waals surface area (Å²) < 4.78 is 6.39. The number of phenolic OH excluding ortho intramolecular Hbond substituents is 1. The summed E-state index contributed by atoms with van der Waals surface area (Å²) in [6.45, 7) is 3.76. The van der Waals surface area contributed by atoms with Gasteiger partial charge in [-0.3, -0.25) is 14.8 Å². The molecule has 0 bridgehead atoms. The number of hydrazone groups is 1. The van der Waals surface area contributed by atoms with E-state index in [9.17, 15) is 14.7 Å². The number of fused-ring (bicyclic) bond motifs is 1. The largest absolute Gasteiger partial charge is 0.506 e. The van der Waals surface area contributed by atoms with E-state index in [-0.39, 0.29) is 24.0 Å². The van der Waals surface area contributed by atoms with E-state index in [0.29, 0.717) is 30.1 Å². The van der Waals surface area contributed by atoms with Crippen molar-refractivity contribution in [1.82, 2.24) is 9.55 Å². The number of aromatic nitrogens is 2. The summed E-state index contributed by atoms with van der Waals surface area (Å²) in [4.78, 5) is 28.9. The number of hydrogen-bond donors (Lipinski definition) is 2. The normalized spacial score (nSPS) is 17.6. The van der Waals surface area contributed by atoms with Crippen LogP contribution in [0.25, 0.3) is 0 Å². The molecule has 1 atom stereocenters. The number of carbonyl (C=O) groups is 1. The smallest absolute Gasteiger partial charge is 0.345 e. The van der Waals surface area contributed by atoms with Gasteiger partial charge in [-0.1, -0.05) is 12.1 Å². The van der Waals surface area contributed by atoms with Gasteiger partial charge in [0.15, 0.2) is 5.82 Å². The predicted molar refractivity (Wildman–Crippen MR) is 96.7 cm³/mol. The van der Waals surface area contributed by atoms with Crippen LogP contribution in [0.5, 0.6) is 5.75 Å². The van der Waals surface area contributed by atoms with E-state index in [2.05, 4.69) is 15.5 Å². The van der Waals surface area contributed by atoms with Crippen LogP contribution in [-0.4, -0.2) is 32.9 Å². The molecule has 1 aromatic heterocycles. The zero-order valence-electron chi connectivity index (χ0n) is 14.6. The molecule has 0 spiro atoms. The summed E-state index contributed by atoms with van der Waals surface area (Å²) in [5.41, 5.74) is 3.32. The van der Waals surface area contributed by atoms with Crippen molar-refractivity contribution in [3.63, 3.8) is 0 Å². The van der Waals surface area contributed by atoms with Crippen molar-refractivity contribution in [2.45, 2.75) is 32.7 Å². The number of phenols is 1. The number of anilines is 1. The topological polar surface area (TPSA) is 106 Å². The number of carbonyl (C=O) groups excluding carboxylic acids is 1. The Labute approximate surface area is 150 Å². The molecule has 1 aromatic carbocycles. The number of benzene rings is 1. The number of nitrogens with zero attached hydrogens (tertiary/aromatic N) is 3. The quantitative estimate of drug-likeness (QED) is 0.495. The number of aromatic hydroxyl groups is 1. The second-order valence-corrected chi connectivity index (χ2v) is 5.97. The standard InChI is InChI=1S/C18H20N4O4/c1-3-26-18(25)12-10-19-16-14(9-8-11(2)22(16)17(12)24)21-20-13-6-4-5-7-15(13)23/h4-7,10-11,20,23H,3,8-9H2,1-2H3/b21-14-. The van der Waals surface area contributed by atoms with E-state index >= 15 is 0 Å². The molecular formula is C18H20N4O4. The first-order chi connectivity index (χ1) is 12.5. The highest BCUT2D eigenvalue weighted by Gasteiger charge is 2.27. The van der Waals surface area contributed by atoms with Crippen molar-refractivity contribution in [2.75, 3.05) is 12.0 Å². The molecule has 0 amide bonds.